The van der Waals surface area contributed by atoms with E-state index in [4.69, 9.17) is 9.47 Å². The minimum atomic E-state index is 0.173. The van der Waals surface area contributed by atoms with Gasteiger partial charge in [-0.15, -0.1) is 0 Å². The van der Waals surface area contributed by atoms with Crippen LogP contribution < -0.4 is 0 Å². The molecule has 0 unspecified atom stereocenters. The largest absolute Gasteiger partial charge is 0.379 e. The Morgan fingerprint density at radius 2 is 1.45 bits per heavy atom. The number of ketones is 1. The van der Waals surface area contributed by atoms with Crippen LogP contribution in [0.25, 0.3) is 0 Å². The second-order valence-electron chi connectivity index (χ2n) is 7.36. The number of carbonyl (C=O) groups is 1. The SMILES string of the molecule is CC(=O)CCOCCOCCN1CCN(CC(C)(C)C)CC1. The van der Waals surface area contributed by atoms with E-state index in [2.05, 4.69) is 30.6 Å². The molecule has 1 rings (SSSR count). The van der Waals surface area contributed by atoms with E-state index in [9.17, 15) is 4.79 Å². The molecule has 0 aromatic rings. The fourth-order valence-electron chi connectivity index (χ4n) is 2.57. The summed E-state index contributed by atoms with van der Waals surface area (Å²) in [6.45, 7) is 17.7. The fraction of sp³-hybridized carbons (Fsp3) is 0.941. The Morgan fingerprint density at radius 1 is 0.909 bits per heavy atom. The van der Waals surface area contributed by atoms with Gasteiger partial charge in [0.05, 0.1) is 26.4 Å². The van der Waals surface area contributed by atoms with Crippen LogP contribution in [-0.4, -0.2) is 81.3 Å². The van der Waals surface area contributed by atoms with Crippen molar-refractivity contribution in [1.29, 1.82) is 0 Å². The summed E-state index contributed by atoms with van der Waals surface area (Å²) in [4.78, 5) is 15.8. The van der Waals surface area contributed by atoms with Gasteiger partial charge in [0.1, 0.15) is 5.78 Å². The van der Waals surface area contributed by atoms with Crippen molar-refractivity contribution in [1.82, 2.24) is 9.80 Å². The van der Waals surface area contributed by atoms with Crippen molar-refractivity contribution in [2.24, 2.45) is 5.41 Å². The van der Waals surface area contributed by atoms with E-state index in [0.717, 1.165) is 39.3 Å². The van der Waals surface area contributed by atoms with Crippen LogP contribution in [0.4, 0.5) is 0 Å². The molecule has 0 atom stereocenters. The monoisotopic (exact) mass is 314 g/mol. The van der Waals surface area contributed by atoms with Crippen LogP contribution in [0.3, 0.4) is 0 Å². The van der Waals surface area contributed by atoms with E-state index in [1.807, 2.05) is 0 Å². The molecule has 1 heterocycles. The molecule has 0 radical (unpaired) electrons. The zero-order valence-corrected chi connectivity index (χ0v) is 14.9. The van der Waals surface area contributed by atoms with Gasteiger partial charge in [-0.1, -0.05) is 20.8 Å². The molecular formula is C17H34N2O3. The molecule has 22 heavy (non-hydrogen) atoms. The van der Waals surface area contributed by atoms with Gasteiger partial charge < -0.3 is 14.4 Å². The van der Waals surface area contributed by atoms with Crippen molar-refractivity contribution < 1.29 is 14.3 Å². The Balaban J connectivity index is 1.94. The van der Waals surface area contributed by atoms with E-state index < -0.39 is 0 Å². The van der Waals surface area contributed by atoms with Crippen LogP contribution >= 0.6 is 0 Å². The summed E-state index contributed by atoms with van der Waals surface area (Å²) in [6, 6.07) is 0. The van der Waals surface area contributed by atoms with E-state index in [-0.39, 0.29) is 5.78 Å². The van der Waals surface area contributed by atoms with Gasteiger partial charge in [0.25, 0.3) is 0 Å². The first-order valence-electron chi connectivity index (χ1n) is 8.46. The van der Waals surface area contributed by atoms with Gasteiger partial charge in [0.2, 0.25) is 0 Å². The van der Waals surface area contributed by atoms with Crippen LogP contribution in [0.2, 0.25) is 0 Å². The Morgan fingerprint density at radius 3 is 2.00 bits per heavy atom. The summed E-state index contributed by atoms with van der Waals surface area (Å²) < 4.78 is 10.9. The second-order valence-corrected chi connectivity index (χ2v) is 7.36. The normalized spacial score (nSPS) is 17.8. The summed E-state index contributed by atoms with van der Waals surface area (Å²) in [6.07, 6.45) is 0.499. The zero-order valence-electron chi connectivity index (χ0n) is 14.9. The average Bonchev–Trinajstić information content (AvgIpc) is 2.41. The number of hydrogen-bond donors (Lipinski definition) is 0. The number of rotatable bonds is 10. The lowest BCUT2D eigenvalue weighted by molar-refractivity contribution is -0.118. The predicted octanol–water partition coefficient (Wildman–Crippen LogP) is 1.66. The van der Waals surface area contributed by atoms with Gasteiger partial charge in [0, 0.05) is 45.7 Å². The third-order valence-electron chi connectivity index (χ3n) is 3.69. The number of ether oxygens (including phenoxy) is 2. The summed E-state index contributed by atoms with van der Waals surface area (Å²) in [5.74, 6) is 0.173. The minimum Gasteiger partial charge on any atom is -0.379 e. The molecule has 0 amide bonds. The van der Waals surface area contributed by atoms with Crippen molar-refractivity contribution in [3.63, 3.8) is 0 Å². The molecule has 130 valence electrons. The topological polar surface area (TPSA) is 42.0 Å². The summed E-state index contributed by atoms with van der Waals surface area (Å²) in [5, 5.41) is 0. The standard InChI is InChI=1S/C17H34N2O3/c1-16(20)5-11-21-13-14-22-12-10-18-6-8-19(9-7-18)15-17(2,3)4/h5-15H2,1-4H3. The molecule has 0 aromatic heterocycles. The predicted molar refractivity (Wildman–Crippen MR) is 89.3 cm³/mol. The number of nitrogens with zero attached hydrogens (tertiary/aromatic N) is 2. The third kappa shape index (κ3) is 10.3. The van der Waals surface area contributed by atoms with Crippen LogP contribution in [0.1, 0.15) is 34.1 Å². The number of carbonyl (C=O) groups excluding carboxylic acids is 1. The molecule has 1 aliphatic rings. The molecule has 0 aromatic carbocycles. The lowest BCUT2D eigenvalue weighted by atomic mass is 9.96. The van der Waals surface area contributed by atoms with Gasteiger partial charge in [-0.2, -0.15) is 0 Å². The van der Waals surface area contributed by atoms with Gasteiger partial charge in [0.15, 0.2) is 0 Å². The van der Waals surface area contributed by atoms with E-state index in [0.29, 0.717) is 31.7 Å². The van der Waals surface area contributed by atoms with Crippen molar-refractivity contribution in [2.45, 2.75) is 34.1 Å². The van der Waals surface area contributed by atoms with Crippen LogP contribution in [0.15, 0.2) is 0 Å². The Hall–Kier alpha value is -0.490. The molecule has 0 N–H and O–H groups in total. The summed E-state index contributed by atoms with van der Waals surface area (Å²) >= 11 is 0. The van der Waals surface area contributed by atoms with E-state index in [1.165, 1.54) is 6.54 Å². The molecule has 0 saturated carbocycles. The number of hydrogen-bond acceptors (Lipinski definition) is 5. The zero-order chi connectivity index (χ0) is 16.4. The number of piperazine rings is 1. The second kappa shape index (κ2) is 10.3. The fourth-order valence-corrected chi connectivity index (χ4v) is 2.57. The van der Waals surface area contributed by atoms with Crippen molar-refractivity contribution in [3.8, 4) is 0 Å². The Kier molecular flexibility index (Phi) is 9.17. The molecule has 5 nitrogen and oxygen atoms in total. The van der Waals surface area contributed by atoms with Gasteiger partial charge >= 0.3 is 0 Å². The van der Waals surface area contributed by atoms with Crippen LogP contribution in [0.5, 0.6) is 0 Å². The Labute approximate surface area is 135 Å². The molecule has 1 fully saturated rings. The average molecular weight is 314 g/mol. The lowest BCUT2D eigenvalue weighted by Crippen LogP contribution is -2.49. The maximum absolute atomic E-state index is 10.7. The molecule has 0 aliphatic carbocycles. The van der Waals surface area contributed by atoms with Crippen LogP contribution in [0, 0.1) is 5.41 Å². The highest BCUT2D eigenvalue weighted by molar-refractivity contribution is 5.75. The third-order valence-corrected chi connectivity index (χ3v) is 3.69. The first-order valence-corrected chi connectivity index (χ1v) is 8.46. The first-order chi connectivity index (χ1) is 10.4. The molecule has 5 heteroatoms. The van der Waals surface area contributed by atoms with Gasteiger partial charge in [-0.05, 0) is 12.3 Å². The summed E-state index contributed by atoms with van der Waals surface area (Å²) in [7, 11) is 0. The van der Waals surface area contributed by atoms with Gasteiger partial charge in [-0.3, -0.25) is 9.69 Å². The first kappa shape index (κ1) is 19.6. The highest BCUT2D eigenvalue weighted by Crippen LogP contribution is 2.16. The van der Waals surface area contributed by atoms with E-state index >= 15 is 0 Å². The minimum absolute atomic E-state index is 0.173. The molecule has 0 bridgehead atoms. The highest BCUT2D eigenvalue weighted by atomic mass is 16.5. The maximum atomic E-state index is 10.7. The summed E-state index contributed by atoms with van der Waals surface area (Å²) in [5.41, 5.74) is 0.383. The molecular weight excluding hydrogens is 280 g/mol. The maximum Gasteiger partial charge on any atom is 0.132 e. The van der Waals surface area contributed by atoms with Crippen LogP contribution in [-0.2, 0) is 14.3 Å². The quantitative estimate of drug-likeness (QED) is 0.574. The number of Topliss-reactive ketones (excluding diaryl/α,β-unsaturated/α-hetero) is 1. The molecule has 0 spiro atoms. The highest BCUT2D eigenvalue weighted by Gasteiger charge is 2.21. The Bertz CT molecular complexity index is 308. The smallest absolute Gasteiger partial charge is 0.132 e. The lowest BCUT2D eigenvalue weighted by Gasteiger charge is -2.37. The van der Waals surface area contributed by atoms with Crippen molar-refractivity contribution in [2.75, 3.05) is 65.7 Å². The van der Waals surface area contributed by atoms with E-state index in [1.54, 1.807) is 6.92 Å². The molecule has 1 aliphatic heterocycles. The van der Waals surface area contributed by atoms with Gasteiger partial charge in [-0.25, -0.2) is 0 Å². The molecule has 1 saturated heterocycles. The van der Waals surface area contributed by atoms with Crippen molar-refractivity contribution in [3.05, 3.63) is 0 Å². The van der Waals surface area contributed by atoms with Crippen molar-refractivity contribution >= 4 is 5.78 Å².